The van der Waals surface area contributed by atoms with Gasteiger partial charge in [-0.1, -0.05) is 6.07 Å². The molecule has 8 nitrogen and oxygen atoms in total. The van der Waals surface area contributed by atoms with Crippen molar-refractivity contribution in [2.24, 2.45) is 5.73 Å². The molecule has 156 valence electrons. The fourth-order valence-electron chi connectivity index (χ4n) is 3.58. The van der Waals surface area contributed by atoms with Gasteiger partial charge in [-0.25, -0.2) is 0 Å². The number of likely N-dealkylation sites (N-methyl/N-ethyl adjacent to an activating group) is 1. The minimum Gasteiger partial charge on any atom is -0.329 e. The average molecular weight is 412 g/mol. The highest BCUT2D eigenvalue weighted by molar-refractivity contribution is 6.23. The van der Waals surface area contributed by atoms with Gasteiger partial charge < -0.3 is 5.73 Å². The van der Waals surface area contributed by atoms with Crippen LogP contribution in [0, 0.1) is 0 Å². The van der Waals surface area contributed by atoms with Gasteiger partial charge >= 0.3 is 6.18 Å². The molecule has 0 saturated carbocycles. The molecule has 2 aliphatic rings. The van der Waals surface area contributed by atoms with Crippen LogP contribution in [0.3, 0.4) is 0 Å². The van der Waals surface area contributed by atoms with Crippen LogP contribution in [0.4, 0.5) is 13.2 Å². The van der Waals surface area contributed by atoms with Crippen molar-refractivity contribution < 1.29 is 32.3 Å². The SMILES string of the molecule is CN(Cc1ccc2c(c1)C(=O)N(C1CCC(=O)NC1=O)C2=O)C(CN)C(F)(F)F. The molecule has 4 amide bonds. The number of rotatable bonds is 5. The Morgan fingerprint density at radius 3 is 2.45 bits per heavy atom. The quantitative estimate of drug-likeness (QED) is 0.678. The second-order valence-corrected chi connectivity index (χ2v) is 7.04. The van der Waals surface area contributed by atoms with Gasteiger partial charge in [0.2, 0.25) is 11.8 Å². The number of carbonyl (C=O) groups is 4. The van der Waals surface area contributed by atoms with Crippen LogP contribution in [-0.2, 0) is 16.1 Å². The largest absolute Gasteiger partial charge is 0.405 e. The Hall–Kier alpha value is -2.79. The summed E-state index contributed by atoms with van der Waals surface area (Å²) in [5.74, 6) is -2.59. The van der Waals surface area contributed by atoms with Crippen molar-refractivity contribution in [2.75, 3.05) is 13.6 Å². The fraction of sp³-hybridized carbons (Fsp3) is 0.444. The summed E-state index contributed by atoms with van der Waals surface area (Å²) in [6, 6.07) is 1.21. The van der Waals surface area contributed by atoms with Gasteiger partial charge in [-0.05, 0) is 31.2 Å². The highest BCUT2D eigenvalue weighted by Gasteiger charge is 2.45. The van der Waals surface area contributed by atoms with E-state index < -0.39 is 48.4 Å². The standard InChI is InChI=1S/C18H19F3N4O4/c1-24(13(7-22)18(19,20)21)8-9-2-3-10-11(6-9)17(29)25(16(10)28)12-4-5-14(26)23-15(12)27/h2-3,6,12-13H,4-5,7-8,22H2,1H3,(H,23,26,27). The summed E-state index contributed by atoms with van der Waals surface area (Å²) in [6.45, 7) is -0.764. The van der Waals surface area contributed by atoms with Crippen LogP contribution in [0.5, 0.6) is 0 Å². The zero-order chi connectivity index (χ0) is 21.5. The van der Waals surface area contributed by atoms with Crippen molar-refractivity contribution in [1.29, 1.82) is 0 Å². The van der Waals surface area contributed by atoms with Crippen LogP contribution in [0.2, 0.25) is 0 Å². The second kappa shape index (κ2) is 7.56. The molecule has 2 atom stereocenters. The number of nitrogens with one attached hydrogen (secondary N) is 1. The highest BCUT2D eigenvalue weighted by Crippen LogP contribution is 2.29. The van der Waals surface area contributed by atoms with Crippen LogP contribution in [0.15, 0.2) is 18.2 Å². The van der Waals surface area contributed by atoms with Gasteiger partial charge in [0.05, 0.1) is 11.1 Å². The number of hydrogen-bond acceptors (Lipinski definition) is 6. The van der Waals surface area contributed by atoms with Crippen LogP contribution in [-0.4, -0.2) is 65.3 Å². The Balaban J connectivity index is 1.82. The summed E-state index contributed by atoms with van der Waals surface area (Å²) >= 11 is 0. The maximum atomic E-state index is 13.0. The molecule has 1 fully saturated rings. The molecule has 3 rings (SSSR count). The van der Waals surface area contributed by atoms with Gasteiger partial charge in [0.15, 0.2) is 0 Å². The van der Waals surface area contributed by atoms with Gasteiger partial charge in [0, 0.05) is 19.5 Å². The Bertz CT molecular complexity index is 886. The summed E-state index contributed by atoms with van der Waals surface area (Å²) in [5, 5.41) is 2.10. The van der Waals surface area contributed by atoms with Gasteiger partial charge in [-0.2, -0.15) is 13.2 Å². The molecule has 1 saturated heterocycles. The lowest BCUT2D eigenvalue weighted by Gasteiger charge is -2.28. The van der Waals surface area contributed by atoms with Crippen molar-refractivity contribution in [3.63, 3.8) is 0 Å². The zero-order valence-electron chi connectivity index (χ0n) is 15.5. The lowest BCUT2D eigenvalue weighted by Crippen LogP contribution is -2.54. The lowest BCUT2D eigenvalue weighted by molar-refractivity contribution is -0.178. The van der Waals surface area contributed by atoms with E-state index in [1.807, 2.05) is 0 Å². The third-order valence-electron chi connectivity index (χ3n) is 5.07. The molecule has 2 aliphatic heterocycles. The van der Waals surface area contributed by atoms with Crippen molar-refractivity contribution in [3.8, 4) is 0 Å². The molecule has 3 N–H and O–H groups in total. The first-order valence-corrected chi connectivity index (χ1v) is 8.86. The van der Waals surface area contributed by atoms with Crippen LogP contribution >= 0.6 is 0 Å². The molecule has 11 heteroatoms. The topological polar surface area (TPSA) is 113 Å². The Kier molecular flexibility index (Phi) is 5.46. The number of imide groups is 2. The van der Waals surface area contributed by atoms with E-state index in [1.54, 1.807) is 0 Å². The van der Waals surface area contributed by atoms with E-state index >= 15 is 0 Å². The summed E-state index contributed by atoms with van der Waals surface area (Å²) in [5.41, 5.74) is 5.71. The minimum absolute atomic E-state index is 0.00221. The first-order chi connectivity index (χ1) is 13.5. The van der Waals surface area contributed by atoms with E-state index in [9.17, 15) is 32.3 Å². The van der Waals surface area contributed by atoms with Crippen molar-refractivity contribution in [1.82, 2.24) is 15.1 Å². The summed E-state index contributed by atoms with van der Waals surface area (Å²) in [7, 11) is 1.26. The molecule has 0 spiro atoms. The number of benzene rings is 1. The summed E-state index contributed by atoms with van der Waals surface area (Å²) in [4.78, 5) is 50.5. The van der Waals surface area contributed by atoms with Crippen LogP contribution < -0.4 is 11.1 Å². The number of piperidine rings is 1. The molecular formula is C18H19F3N4O4. The number of amides is 4. The van der Waals surface area contributed by atoms with Gasteiger partial charge in [-0.3, -0.25) is 34.3 Å². The molecule has 1 aromatic carbocycles. The molecule has 0 aromatic heterocycles. The lowest BCUT2D eigenvalue weighted by atomic mass is 10.0. The molecule has 2 heterocycles. The fourth-order valence-corrected chi connectivity index (χ4v) is 3.58. The third-order valence-corrected chi connectivity index (χ3v) is 5.07. The number of hydrogen-bond donors (Lipinski definition) is 2. The molecule has 0 radical (unpaired) electrons. The van der Waals surface area contributed by atoms with Crippen LogP contribution in [0.1, 0.15) is 39.1 Å². The van der Waals surface area contributed by atoms with Crippen molar-refractivity contribution in [2.45, 2.75) is 37.6 Å². The number of fused-ring (bicyclic) bond motifs is 1. The molecule has 0 aliphatic carbocycles. The maximum absolute atomic E-state index is 13.0. The monoisotopic (exact) mass is 412 g/mol. The highest BCUT2D eigenvalue weighted by atomic mass is 19.4. The molecule has 0 bridgehead atoms. The smallest absolute Gasteiger partial charge is 0.329 e. The predicted octanol–water partition coefficient (Wildman–Crippen LogP) is 0.409. The third kappa shape index (κ3) is 3.87. The number of nitrogens with two attached hydrogens (primary N) is 1. The van der Waals surface area contributed by atoms with Gasteiger partial charge in [0.1, 0.15) is 12.1 Å². The molecule has 2 unspecified atom stereocenters. The molecule has 29 heavy (non-hydrogen) atoms. The minimum atomic E-state index is -4.51. The number of carbonyl (C=O) groups excluding carboxylic acids is 4. The van der Waals surface area contributed by atoms with Crippen LogP contribution in [0.25, 0.3) is 0 Å². The first kappa shape index (κ1) is 20.9. The Morgan fingerprint density at radius 1 is 1.21 bits per heavy atom. The van der Waals surface area contributed by atoms with Crippen molar-refractivity contribution in [3.05, 3.63) is 34.9 Å². The van der Waals surface area contributed by atoms with E-state index in [0.29, 0.717) is 5.56 Å². The first-order valence-electron chi connectivity index (χ1n) is 8.86. The normalized spacial score (nSPS) is 20.9. The number of halogens is 3. The Morgan fingerprint density at radius 2 is 1.86 bits per heavy atom. The van der Waals surface area contributed by atoms with E-state index in [0.717, 1.165) is 9.80 Å². The maximum Gasteiger partial charge on any atom is 0.405 e. The van der Waals surface area contributed by atoms with Gasteiger partial charge in [-0.15, -0.1) is 0 Å². The molecular weight excluding hydrogens is 393 g/mol. The Labute approximate surface area is 163 Å². The average Bonchev–Trinajstić information content (AvgIpc) is 2.85. The number of nitrogens with zero attached hydrogens (tertiary/aromatic N) is 2. The van der Waals surface area contributed by atoms with Crippen molar-refractivity contribution >= 4 is 23.6 Å². The zero-order valence-corrected chi connectivity index (χ0v) is 15.5. The summed E-state index contributed by atoms with van der Waals surface area (Å²) < 4.78 is 39.1. The second-order valence-electron chi connectivity index (χ2n) is 7.04. The van der Waals surface area contributed by atoms with E-state index in [1.165, 1.54) is 25.2 Å². The van der Waals surface area contributed by atoms with E-state index in [2.05, 4.69) is 5.32 Å². The molecule has 1 aromatic rings. The van der Waals surface area contributed by atoms with Gasteiger partial charge in [0.25, 0.3) is 11.8 Å². The number of alkyl halides is 3. The van der Waals surface area contributed by atoms with E-state index in [4.69, 9.17) is 5.73 Å². The van der Waals surface area contributed by atoms with E-state index in [-0.39, 0.29) is 30.5 Å². The summed E-state index contributed by atoms with van der Waals surface area (Å²) in [6.07, 6.45) is -4.48. The predicted molar refractivity (Wildman–Crippen MR) is 93.5 cm³/mol.